The van der Waals surface area contributed by atoms with Gasteiger partial charge >= 0.3 is 0 Å². The maximum Gasteiger partial charge on any atom is 0.217 e. The molecule has 0 bridgehead atoms. The normalized spacial score (nSPS) is 11.3. The van der Waals surface area contributed by atoms with Gasteiger partial charge in [0.15, 0.2) is 17.2 Å². The number of fused-ring (bicyclic) bond motifs is 1. The molecular formula is C25H19N7O. The fourth-order valence-electron chi connectivity index (χ4n) is 3.45. The molecule has 0 aliphatic rings. The number of aromatic nitrogens is 4. The standard InChI is InChI=1S/C25H19N7O/c26-24-22(23(33)18-12-6-2-7-13-18)29-30-25-21(28-27-19-14-8-3-9-15-19)20(31-32(24)25)16-17-10-4-1-5-11-17/h1-15H,16,26H2. The van der Waals surface area contributed by atoms with E-state index in [0.717, 1.165) is 5.56 Å². The molecular weight excluding hydrogens is 414 g/mol. The van der Waals surface area contributed by atoms with E-state index in [0.29, 0.717) is 34.7 Å². The van der Waals surface area contributed by atoms with E-state index in [1.54, 1.807) is 24.3 Å². The number of nitrogen functional groups attached to an aromatic ring is 1. The Morgan fingerprint density at radius 1 is 0.818 bits per heavy atom. The van der Waals surface area contributed by atoms with Gasteiger partial charge in [0.2, 0.25) is 11.4 Å². The number of azo groups is 1. The predicted molar refractivity (Wildman–Crippen MR) is 125 cm³/mol. The van der Waals surface area contributed by atoms with Crippen LogP contribution in [0.25, 0.3) is 5.65 Å². The lowest BCUT2D eigenvalue weighted by Gasteiger charge is -2.04. The summed E-state index contributed by atoms with van der Waals surface area (Å²) in [4.78, 5) is 12.9. The van der Waals surface area contributed by atoms with E-state index in [9.17, 15) is 4.79 Å². The number of benzene rings is 3. The van der Waals surface area contributed by atoms with Gasteiger partial charge < -0.3 is 5.73 Å². The zero-order valence-corrected chi connectivity index (χ0v) is 17.5. The summed E-state index contributed by atoms with van der Waals surface area (Å²) in [5.41, 5.74) is 10.0. The molecule has 0 amide bonds. The Hall–Kier alpha value is -4.72. The average molecular weight is 433 g/mol. The van der Waals surface area contributed by atoms with E-state index in [4.69, 9.17) is 5.73 Å². The van der Waals surface area contributed by atoms with Gasteiger partial charge in [-0.15, -0.1) is 15.3 Å². The molecule has 5 rings (SSSR count). The molecule has 8 nitrogen and oxygen atoms in total. The third-order valence-electron chi connectivity index (χ3n) is 5.11. The molecule has 3 aromatic carbocycles. The van der Waals surface area contributed by atoms with E-state index in [2.05, 4.69) is 25.5 Å². The molecule has 0 aliphatic carbocycles. The number of nitrogens with zero attached hydrogens (tertiary/aromatic N) is 6. The summed E-state index contributed by atoms with van der Waals surface area (Å²) in [5.74, 6) is -0.223. The van der Waals surface area contributed by atoms with Crippen molar-refractivity contribution >= 4 is 28.6 Å². The van der Waals surface area contributed by atoms with Crippen molar-refractivity contribution < 1.29 is 4.79 Å². The highest BCUT2D eigenvalue weighted by atomic mass is 16.1. The van der Waals surface area contributed by atoms with Crippen molar-refractivity contribution in [1.29, 1.82) is 0 Å². The summed E-state index contributed by atoms with van der Waals surface area (Å²) < 4.78 is 1.42. The highest BCUT2D eigenvalue weighted by Gasteiger charge is 2.22. The van der Waals surface area contributed by atoms with Gasteiger partial charge in [-0.05, 0) is 17.7 Å². The van der Waals surface area contributed by atoms with Crippen LogP contribution in [0.2, 0.25) is 0 Å². The Labute approximate surface area is 189 Å². The number of carbonyl (C=O) groups excluding carboxylic acids is 1. The number of hydrogen-bond acceptors (Lipinski definition) is 7. The van der Waals surface area contributed by atoms with E-state index >= 15 is 0 Å². The largest absolute Gasteiger partial charge is 0.382 e. The highest BCUT2D eigenvalue weighted by Crippen LogP contribution is 2.30. The number of carbonyl (C=O) groups is 1. The van der Waals surface area contributed by atoms with Gasteiger partial charge in [0.05, 0.1) is 11.4 Å². The van der Waals surface area contributed by atoms with Crippen LogP contribution in [0, 0.1) is 0 Å². The van der Waals surface area contributed by atoms with Gasteiger partial charge in [-0.2, -0.15) is 14.7 Å². The van der Waals surface area contributed by atoms with Crippen molar-refractivity contribution in [3.63, 3.8) is 0 Å². The Kier molecular flexibility index (Phi) is 5.38. The first kappa shape index (κ1) is 20.2. The topological polar surface area (TPSA) is 111 Å². The summed E-state index contributed by atoms with van der Waals surface area (Å²) in [6.45, 7) is 0. The highest BCUT2D eigenvalue weighted by molar-refractivity contribution is 6.10. The van der Waals surface area contributed by atoms with Gasteiger partial charge in [0, 0.05) is 12.0 Å². The zero-order valence-electron chi connectivity index (χ0n) is 17.5. The molecule has 0 saturated carbocycles. The summed E-state index contributed by atoms with van der Waals surface area (Å²) in [5, 5.41) is 21.8. The second-order valence-electron chi connectivity index (χ2n) is 7.36. The van der Waals surface area contributed by atoms with Crippen LogP contribution in [0.5, 0.6) is 0 Å². The van der Waals surface area contributed by atoms with Crippen LogP contribution in [-0.2, 0) is 6.42 Å². The molecule has 33 heavy (non-hydrogen) atoms. The van der Waals surface area contributed by atoms with Crippen molar-refractivity contribution in [3.05, 3.63) is 114 Å². The lowest BCUT2D eigenvalue weighted by molar-refractivity contribution is 0.103. The lowest BCUT2D eigenvalue weighted by Crippen LogP contribution is -2.14. The van der Waals surface area contributed by atoms with Crippen LogP contribution in [-0.4, -0.2) is 25.6 Å². The van der Waals surface area contributed by atoms with Gasteiger partial charge in [0.1, 0.15) is 0 Å². The van der Waals surface area contributed by atoms with Crippen molar-refractivity contribution in [1.82, 2.24) is 19.8 Å². The second kappa shape index (κ2) is 8.80. The molecule has 0 spiro atoms. The van der Waals surface area contributed by atoms with Crippen LogP contribution in [0.1, 0.15) is 27.3 Å². The summed E-state index contributed by atoms with van der Waals surface area (Å²) in [6.07, 6.45) is 0.495. The Morgan fingerprint density at radius 3 is 2.15 bits per heavy atom. The summed E-state index contributed by atoms with van der Waals surface area (Å²) >= 11 is 0. The molecule has 0 unspecified atom stereocenters. The molecule has 160 valence electrons. The van der Waals surface area contributed by atoms with Crippen molar-refractivity contribution in [2.24, 2.45) is 10.2 Å². The van der Waals surface area contributed by atoms with E-state index in [1.807, 2.05) is 66.7 Å². The van der Waals surface area contributed by atoms with Gasteiger partial charge in [-0.1, -0.05) is 78.9 Å². The maximum absolute atomic E-state index is 12.9. The molecule has 8 heteroatoms. The monoisotopic (exact) mass is 433 g/mol. The van der Waals surface area contributed by atoms with Crippen LogP contribution in [0.4, 0.5) is 17.2 Å². The third-order valence-corrected chi connectivity index (χ3v) is 5.11. The number of anilines is 1. The van der Waals surface area contributed by atoms with Gasteiger partial charge in [-0.25, -0.2) is 0 Å². The fraction of sp³-hybridized carbons (Fsp3) is 0.0400. The SMILES string of the molecule is Nc1c(C(=O)c2ccccc2)nnc2c(N=Nc3ccccc3)c(Cc3ccccc3)nn12. The van der Waals surface area contributed by atoms with Crippen molar-refractivity contribution in [3.8, 4) is 0 Å². The molecule has 0 atom stereocenters. The first-order valence-corrected chi connectivity index (χ1v) is 10.3. The van der Waals surface area contributed by atoms with E-state index in [-0.39, 0.29) is 17.3 Å². The van der Waals surface area contributed by atoms with Gasteiger partial charge in [-0.3, -0.25) is 4.79 Å². The lowest BCUT2D eigenvalue weighted by atomic mass is 10.1. The summed E-state index contributed by atoms with van der Waals surface area (Å²) in [7, 11) is 0. The molecule has 0 radical (unpaired) electrons. The Bertz CT molecular complexity index is 1450. The number of hydrogen-bond donors (Lipinski definition) is 1. The fourth-order valence-corrected chi connectivity index (χ4v) is 3.45. The smallest absolute Gasteiger partial charge is 0.217 e. The van der Waals surface area contributed by atoms with Crippen LogP contribution >= 0.6 is 0 Å². The Balaban J connectivity index is 1.62. The first-order chi connectivity index (χ1) is 16.2. The van der Waals surface area contributed by atoms with Crippen molar-refractivity contribution in [2.45, 2.75) is 6.42 Å². The number of rotatable bonds is 6. The maximum atomic E-state index is 12.9. The minimum Gasteiger partial charge on any atom is -0.382 e. The van der Waals surface area contributed by atoms with Crippen LogP contribution in [0.15, 0.2) is 101 Å². The molecule has 2 heterocycles. The molecule has 5 aromatic rings. The quantitative estimate of drug-likeness (QED) is 0.301. The number of ketones is 1. The van der Waals surface area contributed by atoms with Gasteiger partial charge in [0.25, 0.3) is 0 Å². The molecule has 0 aliphatic heterocycles. The number of nitrogens with two attached hydrogens (primary N) is 1. The second-order valence-corrected chi connectivity index (χ2v) is 7.36. The third kappa shape index (κ3) is 4.09. The van der Waals surface area contributed by atoms with E-state index in [1.165, 1.54) is 4.52 Å². The zero-order chi connectivity index (χ0) is 22.6. The predicted octanol–water partition coefficient (Wildman–Crippen LogP) is 4.94. The molecule has 2 aromatic heterocycles. The first-order valence-electron chi connectivity index (χ1n) is 10.3. The van der Waals surface area contributed by atoms with Crippen LogP contribution in [0.3, 0.4) is 0 Å². The van der Waals surface area contributed by atoms with Crippen molar-refractivity contribution in [2.75, 3.05) is 5.73 Å². The minimum absolute atomic E-state index is 0.0361. The summed E-state index contributed by atoms with van der Waals surface area (Å²) in [6, 6.07) is 28.1. The minimum atomic E-state index is -0.324. The Morgan fingerprint density at radius 2 is 1.45 bits per heavy atom. The average Bonchev–Trinajstić information content (AvgIpc) is 3.22. The molecule has 2 N–H and O–H groups in total. The molecule has 0 saturated heterocycles. The molecule has 0 fully saturated rings. The van der Waals surface area contributed by atoms with Crippen LogP contribution < -0.4 is 5.73 Å². The van der Waals surface area contributed by atoms with E-state index < -0.39 is 0 Å².